The van der Waals surface area contributed by atoms with E-state index in [1.807, 2.05) is 18.0 Å². The second kappa shape index (κ2) is 11.2. The van der Waals surface area contributed by atoms with E-state index in [1.54, 1.807) is 31.4 Å². The van der Waals surface area contributed by atoms with Gasteiger partial charge < -0.3 is 29.8 Å². The van der Waals surface area contributed by atoms with Crippen LogP contribution in [0.15, 0.2) is 34.9 Å². The summed E-state index contributed by atoms with van der Waals surface area (Å²) in [5.41, 5.74) is 7.09. The number of hydrogen-bond donors (Lipinski definition) is 2. The number of nitrogens with two attached hydrogens (primary N) is 1. The molecule has 2 aliphatic rings. The Morgan fingerprint density at radius 3 is 2.77 bits per heavy atom. The Kier molecular flexibility index (Phi) is 7.71. The predicted molar refractivity (Wildman–Crippen MR) is 154 cm³/mol. The number of hydrogen-bond acceptors (Lipinski definition) is 8. The molecule has 14 heteroatoms. The third-order valence-corrected chi connectivity index (χ3v) is 9.68. The molecular formula is C29H32F4N6O3S. The van der Waals surface area contributed by atoms with Crippen LogP contribution in [0, 0.1) is 0 Å². The van der Waals surface area contributed by atoms with E-state index in [9.17, 15) is 22.4 Å². The molecule has 230 valence electrons. The average Bonchev–Trinajstić information content (AvgIpc) is 3.24. The Hall–Kier alpha value is -3.49. The summed E-state index contributed by atoms with van der Waals surface area (Å²) >= 11 is 1.32. The molecule has 0 radical (unpaired) electrons. The summed E-state index contributed by atoms with van der Waals surface area (Å²) in [6.45, 7) is 0.229. The normalized spacial score (nSPS) is 20.5. The molecule has 9 nitrogen and oxygen atoms in total. The number of fused-ring (bicyclic) bond motifs is 1. The van der Waals surface area contributed by atoms with E-state index in [0.717, 1.165) is 22.3 Å². The quantitative estimate of drug-likeness (QED) is 0.236. The number of piperidine rings is 1. The largest absolute Gasteiger partial charge is 0.406 e. The summed E-state index contributed by atoms with van der Waals surface area (Å²) in [4.78, 5) is 19.9. The van der Waals surface area contributed by atoms with E-state index in [1.165, 1.54) is 11.3 Å². The average molecular weight is 621 g/mol. The van der Waals surface area contributed by atoms with E-state index < -0.39 is 30.8 Å². The summed E-state index contributed by atoms with van der Waals surface area (Å²) < 4.78 is 68.1. The summed E-state index contributed by atoms with van der Waals surface area (Å²) in [6, 6.07) is 7.95. The lowest BCUT2D eigenvalue weighted by Crippen LogP contribution is -2.46. The number of nitrogens with one attached hydrogen (secondary N) is 1. The lowest BCUT2D eigenvalue weighted by molar-refractivity contribution is -0.139. The molecule has 3 aromatic heterocycles. The fourth-order valence-corrected chi connectivity index (χ4v) is 7.14. The third-order valence-electron chi connectivity index (χ3n) is 8.24. The first-order chi connectivity index (χ1) is 20.5. The zero-order valence-corrected chi connectivity index (χ0v) is 24.5. The topological polar surface area (TPSA) is 111 Å². The van der Waals surface area contributed by atoms with Gasteiger partial charge in [0.1, 0.15) is 12.7 Å². The van der Waals surface area contributed by atoms with Crippen molar-refractivity contribution in [1.29, 1.82) is 0 Å². The molecule has 43 heavy (non-hydrogen) atoms. The molecule has 0 bridgehead atoms. The molecule has 6 rings (SSSR count). The molecule has 3 N–H and O–H groups in total. The van der Waals surface area contributed by atoms with E-state index in [2.05, 4.69) is 15.5 Å². The molecule has 4 heterocycles. The smallest absolute Gasteiger partial charge is 0.384 e. The van der Waals surface area contributed by atoms with Gasteiger partial charge in [0.25, 0.3) is 5.91 Å². The van der Waals surface area contributed by atoms with Crippen LogP contribution in [0.25, 0.3) is 22.4 Å². The van der Waals surface area contributed by atoms with Crippen molar-refractivity contribution in [3.63, 3.8) is 0 Å². The first kappa shape index (κ1) is 29.6. The van der Waals surface area contributed by atoms with Gasteiger partial charge in [-0.15, -0.1) is 11.3 Å². The van der Waals surface area contributed by atoms with Crippen molar-refractivity contribution in [2.45, 2.75) is 56.0 Å². The molecule has 1 amide bonds. The number of benzene rings is 1. The monoisotopic (exact) mass is 620 g/mol. The van der Waals surface area contributed by atoms with Crippen molar-refractivity contribution in [1.82, 2.24) is 19.6 Å². The molecule has 1 aliphatic heterocycles. The molecule has 0 spiro atoms. The highest BCUT2D eigenvalue weighted by Gasteiger charge is 2.46. The number of anilines is 1. The predicted octanol–water partition coefficient (Wildman–Crippen LogP) is 5.14. The number of carbonyl (C=O) groups is 1. The van der Waals surface area contributed by atoms with Gasteiger partial charge in [-0.1, -0.05) is 11.2 Å². The van der Waals surface area contributed by atoms with Crippen LogP contribution in [-0.4, -0.2) is 77.8 Å². The van der Waals surface area contributed by atoms with Crippen molar-refractivity contribution < 1.29 is 31.6 Å². The highest BCUT2D eigenvalue weighted by atomic mass is 32.1. The van der Waals surface area contributed by atoms with Gasteiger partial charge in [0.15, 0.2) is 0 Å². The number of rotatable bonds is 10. The van der Waals surface area contributed by atoms with Crippen LogP contribution in [0.2, 0.25) is 0 Å². The number of likely N-dealkylation sites (tertiary alicyclic amines) is 1. The second-order valence-corrected chi connectivity index (χ2v) is 12.6. The lowest BCUT2D eigenvalue weighted by atomic mass is 10.0. The van der Waals surface area contributed by atoms with Gasteiger partial charge in [-0.05, 0) is 56.1 Å². The number of halogens is 4. The lowest BCUT2D eigenvalue weighted by Gasteiger charge is -2.33. The summed E-state index contributed by atoms with van der Waals surface area (Å²) in [7, 11) is 3.48. The van der Waals surface area contributed by atoms with Gasteiger partial charge in [0, 0.05) is 41.6 Å². The number of nitrogens with zero attached hydrogens (tertiary/aromatic N) is 4. The Balaban J connectivity index is 1.33. The highest BCUT2D eigenvalue weighted by molar-refractivity contribution is 7.14. The maximum absolute atomic E-state index is 14.8. The molecule has 1 aliphatic carbocycles. The van der Waals surface area contributed by atoms with Crippen molar-refractivity contribution in [3.8, 4) is 11.5 Å². The summed E-state index contributed by atoms with van der Waals surface area (Å²) in [5, 5.41) is 7.72. The molecule has 1 saturated heterocycles. The minimum absolute atomic E-state index is 0.0295. The number of carbonyl (C=O) groups excluding carboxylic acids is 1. The van der Waals surface area contributed by atoms with Crippen LogP contribution in [-0.2, 0) is 23.1 Å². The number of alkyl halides is 4. The zero-order valence-electron chi connectivity index (χ0n) is 23.7. The maximum atomic E-state index is 14.8. The van der Waals surface area contributed by atoms with E-state index >= 15 is 0 Å². The molecule has 0 unspecified atom stereocenters. The van der Waals surface area contributed by atoms with E-state index in [0.29, 0.717) is 46.6 Å². The standard InChI is InChI=1S/C29H32F4N6O3S/c1-38-9-6-20(18(30)13-38)35-19-4-3-5-21-17(19)12-22(39(21)14-29(31,32)33)27-36-24(42-37-27)11-16-10-23(43-25(16)26(34)40)28(7-8-28)15-41-2/h3-5,10,12,18,20,35H,6-9,11,13-15H2,1-2H3,(H2,34,40)/t18-,20+/m0/s1. The van der Waals surface area contributed by atoms with Gasteiger partial charge >= 0.3 is 6.18 Å². The Labute approximate surface area is 249 Å². The first-order valence-corrected chi connectivity index (χ1v) is 14.8. The number of aromatic nitrogens is 3. The van der Waals surface area contributed by atoms with Crippen molar-refractivity contribution in [2.75, 3.05) is 39.2 Å². The van der Waals surface area contributed by atoms with Gasteiger partial charge in [-0.3, -0.25) is 4.79 Å². The van der Waals surface area contributed by atoms with Crippen LogP contribution in [0.1, 0.15) is 45.3 Å². The van der Waals surface area contributed by atoms with Crippen molar-refractivity contribution in [2.24, 2.45) is 5.73 Å². The van der Waals surface area contributed by atoms with Crippen molar-refractivity contribution >= 4 is 33.8 Å². The van der Waals surface area contributed by atoms with Gasteiger partial charge in [-0.2, -0.15) is 18.2 Å². The number of amides is 1. The fourth-order valence-electron chi connectivity index (χ4n) is 5.88. The van der Waals surface area contributed by atoms with Gasteiger partial charge in [-0.25, -0.2) is 4.39 Å². The Morgan fingerprint density at radius 2 is 2.09 bits per heavy atom. The number of methoxy groups -OCH3 is 1. The summed E-state index contributed by atoms with van der Waals surface area (Å²) in [5.74, 6) is -0.477. The molecular weight excluding hydrogens is 588 g/mol. The minimum atomic E-state index is -4.53. The second-order valence-electron chi connectivity index (χ2n) is 11.5. The van der Waals surface area contributed by atoms with Crippen LogP contribution in [0.3, 0.4) is 0 Å². The highest BCUT2D eigenvalue weighted by Crippen LogP contribution is 2.51. The van der Waals surface area contributed by atoms with E-state index in [4.69, 9.17) is 15.0 Å². The van der Waals surface area contributed by atoms with Crippen LogP contribution < -0.4 is 11.1 Å². The minimum Gasteiger partial charge on any atom is -0.384 e. The number of thiophene rings is 1. The SMILES string of the molecule is COCC1(c2cc(Cc3nc(-c4cc5c(N[C@@H]6CCN(C)C[C@@H]6F)cccc5n4CC(F)(F)F)no3)c(C(N)=O)s2)CC1. The maximum Gasteiger partial charge on any atom is 0.406 e. The molecule has 4 aromatic rings. The molecule has 2 fully saturated rings. The van der Waals surface area contributed by atoms with Crippen LogP contribution in [0.5, 0.6) is 0 Å². The van der Waals surface area contributed by atoms with E-state index in [-0.39, 0.29) is 35.8 Å². The number of ether oxygens (including phenoxy) is 1. The Bertz CT molecular complexity index is 1640. The van der Waals surface area contributed by atoms with Gasteiger partial charge in [0.05, 0.1) is 35.2 Å². The zero-order chi connectivity index (χ0) is 30.5. The Morgan fingerprint density at radius 1 is 1.30 bits per heavy atom. The summed E-state index contributed by atoms with van der Waals surface area (Å²) in [6.07, 6.45) is -3.13. The van der Waals surface area contributed by atoms with Crippen LogP contribution >= 0.6 is 11.3 Å². The fraction of sp³-hybridized carbons (Fsp3) is 0.483. The third kappa shape index (κ3) is 6.00. The first-order valence-electron chi connectivity index (χ1n) is 14.0. The van der Waals surface area contributed by atoms with Gasteiger partial charge in [0.2, 0.25) is 11.7 Å². The van der Waals surface area contributed by atoms with Crippen molar-refractivity contribution in [3.05, 3.63) is 51.5 Å². The molecule has 2 atom stereocenters. The molecule has 1 aromatic carbocycles. The van der Waals surface area contributed by atoms with Crippen LogP contribution in [0.4, 0.5) is 23.2 Å². The molecule has 1 saturated carbocycles. The number of primary amides is 1.